The van der Waals surface area contributed by atoms with E-state index >= 15 is 0 Å². The third kappa shape index (κ3) is 5.05. The summed E-state index contributed by atoms with van der Waals surface area (Å²) in [6.07, 6.45) is -1.12. The van der Waals surface area contributed by atoms with Crippen molar-refractivity contribution in [2.24, 2.45) is 0 Å². The van der Waals surface area contributed by atoms with Crippen LogP contribution in [0.2, 0.25) is 0 Å². The van der Waals surface area contributed by atoms with Gasteiger partial charge in [0.1, 0.15) is 5.82 Å². The van der Waals surface area contributed by atoms with Gasteiger partial charge >= 0.3 is 6.09 Å². The Labute approximate surface area is 171 Å². The second-order valence-corrected chi connectivity index (χ2v) is 7.27. The standard InChI is InChI=1S/C21H18FN3O3S/c1-25(16-7-3-14(22)4-8-16)20(26)13-2-11-19(18(23)12-13)29-17-9-5-15(6-10-17)24-21(27)28/h2-12,24H,23H2,1H3,(H,27,28). The first-order chi connectivity index (χ1) is 13.8. The number of carboxylic acid groups (broad SMARTS) is 1. The molecule has 4 N–H and O–H groups in total. The lowest BCUT2D eigenvalue weighted by Gasteiger charge is -2.18. The average molecular weight is 411 g/mol. The molecule has 2 amide bonds. The molecule has 0 radical (unpaired) electrons. The summed E-state index contributed by atoms with van der Waals surface area (Å²) in [4.78, 5) is 26.4. The number of amides is 2. The molecule has 0 unspecified atom stereocenters. The fraction of sp³-hybridized carbons (Fsp3) is 0.0476. The van der Waals surface area contributed by atoms with Gasteiger partial charge in [-0.1, -0.05) is 11.8 Å². The predicted octanol–water partition coefficient (Wildman–Crippen LogP) is 4.93. The smallest absolute Gasteiger partial charge is 0.409 e. The highest BCUT2D eigenvalue weighted by Crippen LogP contribution is 2.33. The van der Waals surface area contributed by atoms with Crippen molar-refractivity contribution in [3.63, 3.8) is 0 Å². The van der Waals surface area contributed by atoms with Crippen LogP contribution in [0.4, 0.5) is 26.2 Å². The van der Waals surface area contributed by atoms with Crippen molar-refractivity contribution in [1.29, 1.82) is 0 Å². The van der Waals surface area contributed by atoms with Gasteiger partial charge in [0.05, 0.1) is 0 Å². The van der Waals surface area contributed by atoms with E-state index in [2.05, 4.69) is 5.32 Å². The highest BCUT2D eigenvalue weighted by molar-refractivity contribution is 7.99. The Kier molecular flexibility index (Phi) is 6.04. The molecule has 0 spiro atoms. The maximum Gasteiger partial charge on any atom is 0.409 e. The maximum absolute atomic E-state index is 13.1. The number of hydrogen-bond acceptors (Lipinski definition) is 4. The molecule has 0 heterocycles. The summed E-state index contributed by atoms with van der Waals surface area (Å²) < 4.78 is 13.1. The highest BCUT2D eigenvalue weighted by Gasteiger charge is 2.15. The van der Waals surface area contributed by atoms with Gasteiger partial charge in [0.2, 0.25) is 0 Å². The third-order valence-corrected chi connectivity index (χ3v) is 5.21. The van der Waals surface area contributed by atoms with E-state index in [1.165, 1.54) is 40.9 Å². The van der Waals surface area contributed by atoms with Gasteiger partial charge in [-0.2, -0.15) is 0 Å². The van der Waals surface area contributed by atoms with Gasteiger partial charge in [-0.3, -0.25) is 10.1 Å². The second kappa shape index (κ2) is 8.66. The van der Waals surface area contributed by atoms with E-state index in [0.717, 1.165) is 9.79 Å². The molecule has 29 heavy (non-hydrogen) atoms. The molecule has 0 aliphatic rings. The van der Waals surface area contributed by atoms with Crippen LogP contribution in [0.25, 0.3) is 0 Å². The summed E-state index contributed by atoms with van der Waals surface area (Å²) in [7, 11) is 1.61. The molecule has 0 saturated carbocycles. The molecule has 0 atom stereocenters. The zero-order valence-electron chi connectivity index (χ0n) is 15.4. The minimum Gasteiger partial charge on any atom is -0.465 e. The van der Waals surface area contributed by atoms with Gasteiger partial charge in [0.25, 0.3) is 5.91 Å². The lowest BCUT2D eigenvalue weighted by Crippen LogP contribution is -2.26. The number of rotatable bonds is 5. The Morgan fingerprint density at radius 2 is 1.69 bits per heavy atom. The first-order valence-electron chi connectivity index (χ1n) is 8.54. The van der Waals surface area contributed by atoms with Crippen molar-refractivity contribution in [3.8, 4) is 0 Å². The number of carbonyl (C=O) groups excluding carboxylic acids is 1. The fourth-order valence-electron chi connectivity index (χ4n) is 2.61. The molecule has 3 aromatic carbocycles. The van der Waals surface area contributed by atoms with Gasteiger partial charge in [0.15, 0.2) is 0 Å². The minimum atomic E-state index is -1.12. The SMILES string of the molecule is CN(C(=O)c1ccc(Sc2ccc(NC(=O)O)cc2)c(N)c1)c1ccc(F)cc1. The predicted molar refractivity (Wildman–Crippen MR) is 112 cm³/mol. The van der Waals surface area contributed by atoms with E-state index < -0.39 is 6.09 Å². The van der Waals surface area contributed by atoms with Gasteiger partial charge < -0.3 is 15.7 Å². The normalized spacial score (nSPS) is 10.4. The number of hydrogen-bond donors (Lipinski definition) is 3. The Hall–Kier alpha value is -3.52. The van der Waals surface area contributed by atoms with Crippen LogP contribution in [0.1, 0.15) is 10.4 Å². The summed E-state index contributed by atoms with van der Waals surface area (Å²) >= 11 is 1.40. The van der Waals surface area contributed by atoms with Crippen molar-refractivity contribution in [3.05, 3.63) is 78.1 Å². The number of nitrogens with two attached hydrogens (primary N) is 1. The van der Waals surface area contributed by atoms with Crippen molar-refractivity contribution in [1.82, 2.24) is 0 Å². The fourth-order valence-corrected chi connectivity index (χ4v) is 3.45. The number of halogens is 1. The number of benzene rings is 3. The van der Waals surface area contributed by atoms with E-state index in [4.69, 9.17) is 10.8 Å². The first kappa shape index (κ1) is 20.2. The summed E-state index contributed by atoms with van der Waals surface area (Å²) in [5, 5.41) is 11.0. The molecule has 0 aliphatic carbocycles. The highest BCUT2D eigenvalue weighted by atomic mass is 32.2. The van der Waals surface area contributed by atoms with Crippen molar-refractivity contribution < 1.29 is 19.1 Å². The quantitative estimate of drug-likeness (QED) is 0.518. The number of nitrogen functional groups attached to an aromatic ring is 1. The number of nitrogens with one attached hydrogen (secondary N) is 1. The van der Waals surface area contributed by atoms with Crippen molar-refractivity contribution in [2.45, 2.75) is 9.79 Å². The Morgan fingerprint density at radius 3 is 2.28 bits per heavy atom. The average Bonchev–Trinajstić information content (AvgIpc) is 2.70. The van der Waals surface area contributed by atoms with Crippen LogP contribution in [0.3, 0.4) is 0 Å². The topological polar surface area (TPSA) is 95.7 Å². The molecule has 3 rings (SSSR count). The molecule has 8 heteroatoms. The van der Waals surface area contributed by atoms with E-state index in [9.17, 15) is 14.0 Å². The van der Waals surface area contributed by atoms with Crippen molar-refractivity contribution in [2.75, 3.05) is 23.0 Å². The van der Waals surface area contributed by atoms with Gasteiger partial charge in [-0.15, -0.1) is 0 Å². The van der Waals surface area contributed by atoms with Crippen LogP contribution >= 0.6 is 11.8 Å². The zero-order chi connectivity index (χ0) is 21.0. The molecule has 3 aromatic rings. The summed E-state index contributed by atoms with van der Waals surface area (Å²) in [5.41, 5.74) is 8.04. The van der Waals surface area contributed by atoms with E-state index in [1.54, 1.807) is 49.5 Å². The van der Waals surface area contributed by atoms with Crippen LogP contribution in [0.5, 0.6) is 0 Å². The van der Waals surface area contributed by atoms with Crippen LogP contribution in [-0.2, 0) is 0 Å². The van der Waals surface area contributed by atoms with Gasteiger partial charge in [0, 0.05) is 39.5 Å². The molecular weight excluding hydrogens is 393 g/mol. The summed E-state index contributed by atoms with van der Waals surface area (Å²) in [6, 6.07) is 17.6. The molecule has 0 fully saturated rings. The van der Waals surface area contributed by atoms with Gasteiger partial charge in [-0.25, -0.2) is 9.18 Å². The molecule has 0 aromatic heterocycles. The molecule has 0 aliphatic heterocycles. The van der Waals surface area contributed by atoms with Crippen LogP contribution in [-0.4, -0.2) is 24.2 Å². The van der Waals surface area contributed by atoms with Crippen molar-refractivity contribution >= 4 is 40.8 Å². The lowest BCUT2D eigenvalue weighted by molar-refractivity contribution is 0.0993. The largest absolute Gasteiger partial charge is 0.465 e. The molecule has 6 nitrogen and oxygen atoms in total. The summed E-state index contributed by atoms with van der Waals surface area (Å²) in [6.45, 7) is 0. The van der Waals surface area contributed by atoms with Gasteiger partial charge in [-0.05, 0) is 66.7 Å². The molecular formula is C21H18FN3O3S. The van der Waals surface area contributed by atoms with E-state index in [-0.39, 0.29) is 11.7 Å². The second-order valence-electron chi connectivity index (χ2n) is 6.15. The zero-order valence-corrected chi connectivity index (χ0v) is 16.2. The first-order valence-corrected chi connectivity index (χ1v) is 9.36. The molecule has 148 valence electrons. The minimum absolute atomic E-state index is 0.260. The monoisotopic (exact) mass is 411 g/mol. The number of nitrogens with zero attached hydrogens (tertiary/aromatic N) is 1. The maximum atomic E-state index is 13.1. The molecule has 0 saturated heterocycles. The Bertz CT molecular complexity index is 1040. The van der Waals surface area contributed by atoms with Crippen LogP contribution in [0.15, 0.2) is 76.5 Å². The third-order valence-electron chi connectivity index (χ3n) is 4.11. The number of anilines is 3. The summed E-state index contributed by atoms with van der Waals surface area (Å²) in [5.74, 6) is -0.629. The molecule has 0 bridgehead atoms. The van der Waals surface area contributed by atoms with E-state index in [1.807, 2.05) is 0 Å². The Morgan fingerprint density at radius 1 is 1.03 bits per heavy atom. The Balaban J connectivity index is 1.73. The number of carbonyl (C=O) groups is 2. The van der Waals surface area contributed by atoms with Crippen LogP contribution in [0, 0.1) is 5.82 Å². The van der Waals surface area contributed by atoms with E-state index in [0.29, 0.717) is 22.6 Å². The van der Waals surface area contributed by atoms with Crippen LogP contribution < -0.4 is 16.0 Å². The lowest BCUT2D eigenvalue weighted by atomic mass is 10.1.